The molecule has 136 valence electrons. The van der Waals surface area contributed by atoms with E-state index in [9.17, 15) is 0 Å². The maximum absolute atomic E-state index is 6.07. The molecule has 24 heavy (non-hydrogen) atoms. The van der Waals surface area contributed by atoms with Crippen LogP contribution in [0.25, 0.3) is 0 Å². The number of unbranched alkanes of at least 4 members (excludes halogenated alkanes) is 6. The van der Waals surface area contributed by atoms with Crippen LogP contribution in [0.1, 0.15) is 65.2 Å². The van der Waals surface area contributed by atoms with E-state index in [0.717, 1.165) is 23.9 Å². The normalized spacial score (nSPS) is 10.7. The topological polar surface area (TPSA) is 15.3 Å². The summed E-state index contributed by atoms with van der Waals surface area (Å²) in [5.41, 5.74) is 0.851. The molecule has 1 rings (SSSR count). The van der Waals surface area contributed by atoms with Crippen molar-refractivity contribution in [3.8, 4) is 0 Å². The van der Waals surface area contributed by atoms with Gasteiger partial charge in [0, 0.05) is 28.8 Å². The summed E-state index contributed by atoms with van der Waals surface area (Å²) in [5.74, 6) is 0. The second-order valence-corrected chi connectivity index (χ2v) is 7.46. The molecule has 0 fully saturated rings. The molecule has 0 atom stereocenters. The highest BCUT2D eigenvalue weighted by Crippen LogP contribution is 2.23. The van der Waals surface area contributed by atoms with Gasteiger partial charge >= 0.3 is 0 Å². The van der Waals surface area contributed by atoms with E-state index in [0.29, 0.717) is 10.0 Å². The Morgan fingerprint density at radius 1 is 0.875 bits per heavy atom. The number of benzene rings is 1. The number of thiocarbonyl (C=S) groups is 1. The number of rotatable bonds is 11. The van der Waals surface area contributed by atoms with E-state index >= 15 is 0 Å². The highest BCUT2D eigenvalue weighted by atomic mass is 35.5. The third-order valence-electron chi connectivity index (χ3n) is 3.96. The average Bonchev–Trinajstić information content (AvgIpc) is 2.52. The Morgan fingerprint density at radius 2 is 1.38 bits per heavy atom. The van der Waals surface area contributed by atoms with Crippen LogP contribution in [0.3, 0.4) is 0 Å². The standard InChI is InChI=1S/C19H30Cl2N2S/c1-3-5-7-9-11-23(12-10-8-6-4-2)19(24)22-18-14-16(20)13-17(21)15-18/h13-15H,3-12H2,1-2H3,(H,22,24). The van der Waals surface area contributed by atoms with E-state index in [4.69, 9.17) is 35.4 Å². The minimum Gasteiger partial charge on any atom is -0.349 e. The molecule has 0 saturated carbocycles. The van der Waals surface area contributed by atoms with Crippen LogP contribution in [0.5, 0.6) is 0 Å². The van der Waals surface area contributed by atoms with Crippen LogP contribution in [0.4, 0.5) is 5.69 Å². The monoisotopic (exact) mass is 388 g/mol. The van der Waals surface area contributed by atoms with Crippen molar-refractivity contribution in [2.75, 3.05) is 18.4 Å². The smallest absolute Gasteiger partial charge is 0.173 e. The van der Waals surface area contributed by atoms with Crippen molar-refractivity contribution in [3.05, 3.63) is 28.2 Å². The molecule has 2 nitrogen and oxygen atoms in total. The van der Waals surface area contributed by atoms with Gasteiger partial charge in [-0.1, -0.05) is 75.6 Å². The van der Waals surface area contributed by atoms with Gasteiger partial charge in [-0.05, 0) is 43.3 Å². The van der Waals surface area contributed by atoms with E-state index < -0.39 is 0 Å². The van der Waals surface area contributed by atoms with Crippen molar-refractivity contribution in [1.29, 1.82) is 0 Å². The molecule has 0 aliphatic carbocycles. The molecule has 0 heterocycles. The van der Waals surface area contributed by atoms with E-state index in [1.54, 1.807) is 6.07 Å². The number of hydrogen-bond acceptors (Lipinski definition) is 1. The van der Waals surface area contributed by atoms with Crippen LogP contribution in [0.2, 0.25) is 10.0 Å². The van der Waals surface area contributed by atoms with Gasteiger partial charge in [0.25, 0.3) is 0 Å². The quantitative estimate of drug-likeness (QED) is 0.319. The van der Waals surface area contributed by atoms with Gasteiger partial charge in [0.05, 0.1) is 0 Å². The fourth-order valence-corrected chi connectivity index (χ4v) is 3.43. The Hall–Kier alpha value is -0.510. The van der Waals surface area contributed by atoms with Crippen LogP contribution in [0, 0.1) is 0 Å². The molecule has 1 aromatic rings. The van der Waals surface area contributed by atoms with E-state index in [-0.39, 0.29) is 0 Å². The Balaban J connectivity index is 2.59. The number of nitrogens with one attached hydrogen (secondary N) is 1. The van der Waals surface area contributed by atoms with Gasteiger partial charge in [0.2, 0.25) is 0 Å². The molecule has 0 saturated heterocycles. The molecule has 0 bridgehead atoms. The maximum atomic E-state index is 6.07. The van der Waals surface area contributed by atoms with E-state index in [2.05, 4.69) is 24.1 Å². The summed E-state index contributed by atoms with van der Waals surface area (Å²) in [4.78, 5) is 2.29. The van der Waals surface area contributed by atoms with Gasteiger partial charge < -0.3 is 10.2 Å². The van der Waals surface area contributed by atoms with Crippen molar-refractivity contribution in [1.82, 2.24) is 4.90 Å². The Kier molecular flexibility index (Phi) is 11.5. The molecule has 0 radical (unpaired) electrons. The molecule has 5 heteroatoms. The van der Waals surface area contributed by atoms with Crippen molar-refractivity contribution in [2.45, 2.75) is 65.2 Å². The first kappa shape index (κ1) is 21.5. The van der Waals surface area contributed by atoms with Gasteiger partial charge in [-0.25, -0.2) is 0 Å². The van der Waals surface area contributed by atoms with E-state index in [1.807, 2.05) is 12.1 Å². The molecular weight excluding hydrogens is 359 g/mol. The number of halogens is 2. The lowest BCUT2D eigenvalue weighted by Crippen LogP contribution is -2.36. The minimum absolute atomic E-state index is 0.616. The fraction of sp³-hybridized carbons (Fsp3) is 0.632. The van der Waals surface area contributed by atoms with Gasteiger partial charge in [0.1, 0.15) is 0 Å². The number of anilines is 1. The predicted molar refractivity (Wildman–Crippen MR) is 113 cm³/mol. The van der Waals surface area contributed by atoms with Gasteiger partial charge in [-0.15, -0.1) is 0 Å². The van der Waals surface area contributed by atoms with Crippen molar-refractivity contribution in [2.24, 2.45) is 0 Å². The zero-order valence-electron chi connectivity index (χ0n) is 14.9. The Morgan fingerprint density at radius 3 is 1.83 bits per heavy atom. The lowest BCUT2D eigenvalue weighted by Gasteiger charge is -2.26. The van der Waals surface area contributed by atoms with Crippen molar-refractivity contribution >= 4 is 46.2 Å². The van der Waals surface area contributed by atoms with E-state index in [1.165, 1.54) is 51.4 Å². The lowest BCUT2D eigenvalue weighted by molar-refractivity contribution is 0.391. The van der Waals surface area contributed by atoms with Crippen LogP contribution >= 0.6 is 35.4 Å². The summed E-state index contributed by atoms with van der Waals surface area (Å²) < 4.78 is 0. The first-order chi connectivity index (χ1) is 11.6. The summed E-state index contributed by atoms with van der Waals surface area (Å²) in [6.45, 7) is 6.48. The van der Waals surface area contributed by atoms with Crippen LogP contribution in [-0.4, -0.2) is 23.1 Å². The molecule has 0 aliphatic heterocycles. The SMILES string of the molecule is CCCCCCN(CCCCCC)C(=S)Nc1cc(Cl)cc(Cl)c1. The predicted octanol–water partition coefficient (Wildman–Crippen LogP) is 7.15. The molecule has 1 aromatic carbocycles. The fourth-order valence-electron chi connectivity index (χ4n) is 2.60. The zero-order chi connectivity index (χ0) is 17.8. The number of hydrogen-bond donors (Lipinski definition) is 1. The average molecular weight is 389 g/mol. The summed E-state index contributed by atoms with van der Waals surface area (Å²) in [6.07, 6.45) is 9.95. The summed E-state index contributed by atoms with van der Waals surface area (Å²) in [6, 6.07) is 5.43. The highest BCUT2D eigenvalue weighted by Gasteiger charge is 2.10. The minimum atomic E-state index is 0.616. The molecule has 0 aromatic heterocycles. The second kappa shape index (κ2) is 12.8. The molecule has 0 spiro atoms. The highest BCUT2D eigenvalue weighted by molar-refractivity contribution is 7.80. The second-order valence-electron chi connectivity index (χ2n) is 6.20. The molecular formula is C19H30Cl2N2S. The van der Waals surface area contributed by atoms with Crippen LogP contribution in [0.15, 0.2) is 18.2 Å². The van der Waals surface area contributed by atoms with Crippen LogP contribution in [-0.2, 0) is 0 Å². The summed E-state index contributed by atoms with van der Waals surface area (Å²) in [7, 11) is 0. The van der Waals surface area contributed by atoms with Crippen molar-refractivity contribution in [3.63, 3.8) is 0 Å². The lowest BCUT2D eigenvalue weighted by atomic mass is 10.2. The Bertz CT molecular complexity index is 462. The largest absolute Gasteiger partial charge is 0.349 e. The first-order valence-corrected chi connectivity index (χ1v) is 10.2. The van der Waals surface area contributed by atoms with Crippen LogP contribution < -0.4 is 5.32 Å². The maximum Gasteiger partial charge on any atom is 0.173 e. The molecule has 0 amide bonds. The zero-order valence-corrected chi connectivity index (χ0v) is 17.2. The summed E-state index contributed by atoms with van der Waals surface area (Å²) >= 11 is 17.8. The van der Waals surface area contributed by atoms with Gasteiger partial charge in [-0.2, -0.15) is 0 Å². The first-order valence-electron chi connectivity index (χ1n) is 9.08. The molecule has 0 aliphatic rings. The Labute approximate surface area is 162 Å². The molecule has 1 N–H and O–H groups in total. The van der Waals surface area contributed by atoms with Gasteiger partial charge in [-0.3, -0.25) is 0 Å². The van der Waals surface area contributed by atoms with Crippen molar-refractivity contribution < 1.29 is 0 Å². The number of nitrogens with zero attached hydrogens (tertiary/aromatic N) is 1. The third-order valence-corrected chi connectivity index (χ3v) is 4.76. The third kappa shape index (κ3) is 9.10. The van der Waals surface area contributed by atoms with Gasteiger partial charge in [0.15, 0.2) is 5.11 Å². The molecule has 0 unspecified atom stereocenters. The summed E-state index contributed by atoms with van der Waals surface area (Å²) in [5, 5.41) is 5.29.